The van der Waals surface area contributed by atoms with Gasteiger partial charge in [0.15, 0.2) is 0 Å². The molecule has 1 aromatic heterocycles. The SMILES string of the molecule is Cc1cn(CCCNC(=S)S)c(C)n1. The number of aromatic nitrogens is 2. The maximum atomic E-state index is 4.79. The Bertz CT molecular complexity index is 320. The molecule has 0 radical (unpaired) electrons. The minimum absolute atomic E-state index is 0.559. The Balaban J connectivity index is 2.31. The van der Waals surface area contributed by atoms with E-state index >= 15 is 0 Å². The summed E-state index contributed by atoms with van der Waals surface area (Å²) in [5, 5.41) is 3.00. The quantitative estimate of drug-likeness (QED) is 0.468. The fraction of sp³-hybridized carbons (Fsp3) is 0.556. The van der Waals surface area contributed by atoms with Gasteiger partial charge in [-0.15, -0.1) is 12.6 Å². The van der Waals surface area contributed by atoms with Crippen LogP contribution < -0.4 is 5.32 Å². The number of rotatable bonds is 4. The molecule has 0 amide bonds. The summed E-state index contributed by atoms with van der Waals surface area (Å²) in [6.07, 6.45) is 3.09. The van der Waals surface area contributed by atoms with E-state index in [-0.39, 0.29) is 0 Å². The molecule has 0 fully saturated rings. The Kier molecular flexibility index (Phi) is 4.41. The predicted octanol–water partition coefficient (Wildman–Crippen LogP) is 1.69. The Morgan fingerprint density at radius 2 is 2.36 bits per heavy atom. The number of nitrogens with zero attached hydrogens (tertiary/aromatic N) is 2. The molecule has 0 atom stereocenters. The fourth-order valence-corrected chi connectivity index (χ4v) is 1.55. The second-order valence-electron chi connectivity index (χ2n) is 3.21. The van der Waals surface area contributed by atoms with Crippen LogP contribution in [0, 0.1) is 13.8 Å². The first kappa shape index (κ1) is 11.5. The van der Waals surface area contributed by atoms with Gasteiger partial charge in [-0.1, -0.05) is 12.2 Å². The molecule has 5 heteroatoms. The molecule has 1 N–H and O–H groups in total. The number of hydrogen-bond acceptors (Lipinski definition) is 2. The average Bonchev–Trinajstić information content (AvgIpc) is 2.39. The third-order valence-corrected chi connectivity index (χ3v) is 2.25. The van der Waals surface area contributed by atoms with Gasteiger partial charge in [0, 0.05) is 19.3 Å². The van der Waals surface area contributed by atoms with E-state index in [1.54, 1.807) is 0 Å². The van der Waals surface area contributed by atoms with Crippen molar-refractivity contribution in [2.45, 2.75) is 26.8 Å². The monoisotopic (exact) mass is 229 g/mol. The molecule has 0 saturated heterocycles. The first-order chi connectivity index (χ1) is 6.59. The van der Waals surface area contributed by atoms with Gasteiger partial charge < -0.3 is 9.88 Å². The van der Waals surface area contributed by atoms with E-state index < -0.39 is 0 Å². The van der Waals surface area contributed by atoms with E-state index in [0.717, 1.165) is 31.0 Å². The molecule has 0 unspecified atom stereocenters. The van der Waals surface area contributed by atoms with Gasteiger partial charge in [0.25, 0.3) is 0 Å². The smallest absolute Gasteiger partial charge is 0.130 e. The van der Waals surface area contributed by atoms with Crippen LogP contribution in [-0.4, -0.2) is 20.4 Å². The summed E-state index contributed by atoms with van der Waals surface area (Å²) < 4.78 is 2.71. The van der Waals surface area contributed by atoms with Crippen LogP contribution in [0.2, 0.25) is 0 Å². The number of thiocarbonyl (C=S) groups is 1. The lowest BCUT2D eigenvalue weighted by atomic mass is 10.4. The van der Waals surface area contributed by atoms with Gasteiger partial charge in [0.2, 0.25) is 0 Å². The summed E-state index contributed by atoms with van der Waals surface area (Å²) in [6, 6.07) is 0. The highest BCUT2D eigenvalue weighted by molar-refractivity contribution is 8.11. The van der Waals surface area contributed by atoms with Gasteiger partial charge in [-0.25, -0.2) is 4.98 Å². The summed E-state index contributed by atoms with van der Waals surface area (Å²) in [5.74, 6) is 1.07. The van der Waals surface area contributed by atoms with Crippen LogP contribution >= 0.6 is 24.8 Å². The maximum absolute atomic E-state index is 4.79. The van der Waals surface area contributed by atoms with Crippen LogP contribution in [0.3, 0.4) is 0 Å². The lowest BCUT2D eigenvalue weighted by Gasteiger charge is -2.05. The highest BCUT2D eigenvalue weighted by Crippen LogP contribution is 2.01. The van der Waals surface area contributed by atoms with E-state index in [0.29, 0.717) is 4.32 Å². The third kappa shape index (κ3) is 3.67. The second kappa shape index (κ2) is 5.36. The number of aryl methyl sites for hydroxylation is 3. The van der Waals surface area contributed by atoms with Crippen LogP contribution in [0.15, 0.2) is 6.20 Å². The molecule has 14 heavy (non-hydrogen) atoms. The minimum atomic E-state index is 0.559. The lowest BCUT2D eigenvalue weighted by Crippen LogP contribution is -2.19. The van der Waals surface area contributed by atoms with E-state index in [9.17, 15) is 0 Å². The fourth-order valence-electron chi connectivity index (χ4n) is 1.34. The zero-order chi connectivity index (χ0) is 10.6. The molecular weight excluding hydrogens is 214 g/mol. The summed E-state index contributed by atoms with van der Waals surface area (Å²) >= 11 is 8.77. The molecule has 0 aliphatic carbocycles. The van der Waals surface area contributed by atoms with Gasteiger partial charge in [-0.2, -0.15) is 0 Å². The van der Waals surface area contributed by atoms with Crippen LogP contribution in [-0.2, 0) is 6.54 Å². The largest absolute Gasteiger partial charge is 0.371 e. The predicted molar refractivity (Wildman–Crippen MR) is 65.9 cm³/mol. The van der Waals surface area contributed by atoms with Crippen molar-refractivity contribution in [3.05, 3.63) is 17.7 Å². The van der Waals surface area contributed by atoms with Crippen molar-refractivity contribution >= 4 is 29.2 Å². The molecule has 1 rings (SSSR count). The van der Waals surface area contributed by atoms with E-state index in [1.807, 2.05) is 13.8 Å². The molecule has 0 spiro atoms. The highest BCUT2D eigenvalue weighted by atomic mass is 32.1. The molecule has 1 heterocycles. The van der Waals surface area contributed by atoms with Crippen molar-refractivity contribution < 1.29 is 0 Å². The van der Waals surface area contributed by atoms with Crippen molar-refractivity contribution in [1.29, 1.82) is 0 Å². The number of thiol groups is 1. The average molecular weight is 229 g/mol. The molecule has 0 bridgehead atoms. The topological polar surface area (TPSA) is 29.9 Å². The molecule has 1 aromatic rings. The summed E-state index contributed by atoms with van der Waals surface area (Å²) in [6.45, 7) is 5.85. The van der Waals surface area contributed by atoms with Gasteiger partial charge in [0.1, 0.15) is 10.1 Å². The molecule has 3 nitrogen and oxygen atoms in total. The zero-order valence-corrected chi connectivity index (χ0v) is 10.2. The number of imidazole rings is 1. The third-order valence-electron chi connectivity index (χ3n) is 1.95. The van der Waals surface area contributed by atoms with Crippen molar-refractivity contribution in [2.75, 3.05) is 6.54 Å². The zero-order valence-electron chi connectivity index (χ0n) is 8.45. The Hall–Kier alpha value is -0.550. The van der Waals surface area contributed by atoms with Crippen molar-refractivity contribution in [3.8, 4) is 0 Å². The van der Waals surface area contributed by atoms with Gasteiger partial charge in [-0.05, 0) is 20.3 Å². The highest BCUT2D eigenvalue weighted by Gasteiger charge is 1.99. The van der Waals surface area contributed by atoms with Crippen LogP contribution in [0.5, 0.6) is 0 Å². The summed E-state index contributed by atoms with van der Waals surface area (Å²) in [5.41, 5.74) is 1.07. The normalized spacial score (nSPS) is 10.2. The van der Waals surface area contributed by atoms with E-state index in [4.69, 9.17) is 12.2 Å². The van der Waals surface area contributed by atoms with Gasteiger partial charge >= 0.3 is 0 Å². The standard InChI is InChI=1S/C9H15N3S2/c1-7-6-12(8(2)11-7)5-3-4-10-9(13)14/h6H,3-5H2,1-2H3,(H2,10,13,14). The van der Waals surface area contributed by atoms with Crippen LogP contribution in [0.4, 0.5) is 0 Å². The molecule has 0 aliphatic heterocycles. The lowest BCUT2D eigenvalue weighted by molar-refractivity contribution is 0.618. The molecule has 0 saturated carbocycles. The van der Waals surface area contributed by atoms with Crippen molar-refractivity contribution in [1.82, 2.24) is 14.9 Å². The van der Waals surface area contributed by atoms with Crippen molar-refractivity contribution in [2.24, 2.45) is 0 Å². The second-order valence-corrected chi connectivity index (χ2v) is 4.37. The van der Waals surface area contributed by atoms with E-state index in [1.165, 1.54) is 0 Å². The Morgan fingerprint density at radius 3 is 2.86 bits per heavy atom. The summed E-state index contributed by atoms with van der Waals surface area (Å²) in [7, 11) is 0. The molecule has 0 aliphatic rings. The first-order valence-corrected chi connectivity index (χ1v) is 5.42. The minimum Gasteiger partial charge on any atom is -0.371 e. The summed E-state index contributed by atoms with van der Waals surface area (Å²) in [4.78, 5) is 4.33. The molecule has 78 valence electrons. The van der Waals surface area contributed by atoms with Gasteiger partial charge in [0.05, 0.1) is 5.69 Å². The van der Waals surface area contributed by atoms with Crippen molar-refractivity contribution in [3.63, 3.8) is 0 Å². The first-order valence-electron chi connectivity index (χ1n) is 4.57. The number of hydrogen-bond donors (Lipinski definition) is 2. The number of nitrogens with one attached hydrogen (secondary N) is 1. The van der Waals surface area contributed by atoms with Crippen LogP contribution in [0.1, 0.15) is 17.9 Å². The maximum Gasteiger partial charge on any atom is 0.130 e. The van der Waals surface area contributed by atoms with E-state index in [2.05, 4.69) is 33.7 Å². The molecular formula is C9H15N3S2. The molecule has 0 aromatic carbocycles. The Labute approximate surface area is 95.3 Å². The van der Waals surface area contributed by atoms with Crippen LogP contribution in [0.25, 0.3) is 0 Å². The van der Waals surface area contributed by atoms with Gasteiger partial charge in [-0.3, -0.25) is 0 Å². The Morgan fingerprint density at radius 1 is 1.64 bits per heavy atom.